The zero-order valence-corrected chi connectivity index (χ0v) is 13.6. The molecule has 1 amide bonds. The largest absolute Gasteiger partial charge is 0.507 e. The molecule has 0 radical (unpaired) electrons. The summed E-state index contributed by atoms with van der Waals surface area (Å²) in [5.41, 5.74) is 3.21. The van der Waals surface area contributed by atoms with Crippen LogP contribution in [0.25, 0.3) is 0 Å². The number of aromatic hydroxyl groups is 1. The van der Waals surface area contributed by atoms with E-state index in [0.29, 0.717) is 5.56 Å². The van der Waals surface area contributed by atoms with Gasteiger partial charge in [-0.3, -0.25) is 4.79 Å². The molecule has 2 aromatic rings. The number of amides is 1. The minimum Gasteiger partial charge on any atom is -0.507 e. The van der Waals surface area contributed by atoms with Gasteiger partial charge < -0.3 is 10.4 Å². The Labute approximate surface area is 137 Å². The van der Waals surface area contributed by atoms with Crippen molar-refractivity contribution >= 4 is 28.5 Å². The molecule has 3 nitrogen and oxygen atoms in total. The van der Waals surface area contributed by atoms with Gasteiger partial charge in [0.1, 0.15) is 5.75 Å². The molecule has 2 aromatic carbocycles. The van der Waals surface area contributed by atoms with Crippen LogP contribution in [0.4, 0.5) is 0 Å². The van der Waals surface area contributed by atoms with Gasteiger partial charge in [-0.05, 0) is 71.2 Å². The fourth-order valence-electron chi connectivity index (χ4n) is 2.74. The standard InChI is InChI=1S/C17H16INO2/c18-15-8-6-13(10-16(15)20)17(21)19-14-7-5-11-3-1-2-4-12(11)9-14/h1-4,6,8,10,14,20H,5,7,9H2,(H,19,21). The van der Waals surface area contributed by atoms with Crippen molar-refractivity contribution < 1.29 is 9.90 Å². The number of hydrogen-bond donors (Lipinski definition) is 2. The van der Waals surface area contributed by atoms with Gasteiger partial charge in [0.25, 0.3) is 5.91 Å². The number of benzene rings is 2. The third-order valence-electron chi connectivity index (χ3n) is 3.89. The molecule has 0 fully saturated rings. The van der Waals surface area contributed by atoms with Crippen molar-refractivity contribution in [3.63, 3.8) is 0 Å². The summed E-state index contributed by atoms with van der Waals surface area (Å²) in [4.78, 5) is 12.3. The molecule has 1 atom stereocenters. The molecule has 0 heterocycles. The van der Waals surface area contributed by atoms with Crippen LogP contribution in [-0.2, 0) is 12.8 Å². The number of phenolic OH excluding ortho intramolecular Hbond substituents is 1. The first kappa shape index (κ1) is 14.4. The summed E-state index contributed by atoms with van der Waals surface area (Å²) in [7, 11) is 0. The maximum absolute atomic E-state index is 12.3. The third kappa shape index (κ3) is 3.20. The van der Waals surface area contributed by atoms with E-state index in [0.717, 1.165) is 22.8 Å². The van der Waals surface area contributed by atoms with E-state index < -0.39 is 0 Å². The van der Waals surface area contributed by atoms with Gasteiger partial charge in [-0.2, -0.15) is 0 Å². The fraction of sp³-hybridized carbons (Fsp3) is 0.235. The minimum atomic E-state index is -0.119. The summed E-state index contributed by atoms with van der Waals surface area (Å²) in [5.74, 6) is 0.0309. The molecule has 3 rings (SSSR count). The molecule has 0 saturated carbocycles. The highest BCUT2D eigenvalue weighted by Crippen LogP contribution is 2.23. The molecular weight excluding hydrogens is 377 g/mol. The number of halogens is 1. The van der Waals surface area contributed by atoms with Crippen LogP contribution in [0.1, 0.15) is 27.9 Å². The normalized spacial score (nSPS) is 17.1. The van der Waals surface area contributed by atoms with Gasteiger partial charge in [0.05, 0.1) is 3.57 Å². The van der Waals surface area contributed by atoms with Crippen LogP contribution in [0.5, 0.6) is 5.75 Å². The number of fused-ring (bicyclic) bond motifs is 1. The molecule has 21 heavy (non-hydrogen) atoms. The molecule has 0 bridgehead atoms. The van der Waals surface area contributed by atoms with E-state index in [2.05, 4.69) is 23.5 Å². The van der Waals surface area contributed by atoms with Gasteiger partial charge in [-0.1, -0.05) is 24.3 Å². The summed E-state index contributed by atoms with van der Waals surface area (Å²) in [5, 5.41) is 12.8. The Morgan fingerprint density at radius 2 is 1.95 bits per heavy atom. The van der Waals surface area contributed by atoms with E-state index >= 15 is 0 Å². The molecule has 1 aliphatic rings. The van der Waals surface area contributed by atoms with E-state index in [1.807, 2.05) is 28.7 Å². The van der Waals surface area contributed by atoms with E-state index in [1.165, 1.54) is 17.2 Å². The number of rotatable bonds is 2. The Morgan fingerprint density at radius 1 is 1.19 bits per heavy atom. The van der Waals surface area contributed by atoms with Crippen LogP contribution in [0.15, 0.2) is 42.5 Å². The second kappa shape index (κ2) is 6.05. The highest BCUT2D eigenvalue weighted by Gasteiger charge is 2.20. The van der Waals surface area contributed by atoms with E-state index in [1.54, 1.807) is 12.1 Å². The Kier molecular flexibility index (Phi) is 4.14. The first-order valence-corrected chi connectivity index (χ1v) is 8.07. The predicted molar refractivity (Wildman–Crippen MR) is 90.5 cm³/mol. The van der Waals surface area contributed by atoms with Gasteiger partial charge in [0.15, 0.2) is 0 Å². The summed E-state index contributed by atoms with van der Waals surface area (Å²) < 4.78 is 0.746. The smallest absolute Gasteiger partial charge is 0.251 e. The molecule has 4 heteroatoms. The van der Waals surface area contributed by atoms with Crippen LogP contribution in [-0.4, -0.2) is 17.1 Å². The highest BCUT2D eigenvalue weighted by molar-refractivity contribution is 14.1. The van der Waals surface area contributed by atoms with Gasteiger partial charge in [-0.15, -0.1) is 0 Å². The minimum absolute atomic E-state index is 0.119. The van der Waals surface area contributed by atoms with Crippen molar-refractivity contribution in [2.24, 2.45) is 0 Å². The molecule has 2 N–H and O–H groups in total. The average molecular weight is 393 g/mol. The van der Waals surface area contributed by atoms with Crippen molar-refractivity contribution in [2.45, 2.75) is 25.3 Å². The number of aryl methyl sites for hydroxylation is 1. The van der Waals surface area contributed by atoms with Crippen LogP contribution < -0.4 is 5.32 Å². The average Bonchev–Trinajstić information content (AvgIpc) is 2.50. The van der Waals surface area contributed by atoms with Gasteiger partial charge in [0.2, 0.25) is 0 Å². The lowest BCUT2D eigenvalue weighted by atomic mass is 9.88. The first-order chi connectivity index (χ1) is 10.1. The van der Waals surface area contributed by atoms with Crippen molar-refractivity contribution in [1.82, 2.24) is 5.32 Å². The van der Waals surface area contributed by atoms with E-state index in [9.17, 15) is 9.90 Å². The lowest BCUT2D eigenvalue weighted by molar-refractivity contribution is 0.0933. The zero-order chi connectivity index (χ0) is 14.8. The molecular formula is C17H16INO2. The Balaban J connectivity index is 1.70. The topological polar surface area (TPSA) is 49.3 Å². The van der Waals surface area contributed by atoms with Crippen LogP contribution in [0, 0.1) is 3.57 Å². The molecule has 1 unspecified atom stereocenters. The highest BCUT2D eigenvalue weighted by atomic mass is 127. The monoisotopic (exact) mass is 393 g/mol. The second-order valence-electron chi connectivity index (χ2n) is 5.35. The lowest BCUT2D eigenvalue weighted by Gasteiger charge is -2.25. The molecule has 0 saturated heterocycles. The number of carbonyl (C=O) groups is 1. The predicted octanol–water partition coefficient (Wildman–Crippen LogP) is 3.28. The number of nitrogens with one attached hydrogen (secondary N) is 1. The van der Waals surface area contributed by atoms with E-state index in [4.69, 9.17) is 0 Å². The summed E-state index contributed by atoms with van der Waals surface area (Å²) in [6.45, 7) is 0. The molecule has 1 aliphatic carbocycles. The maximum Gasteiger partial charge on any atom is 0.251 e. The molecule has 108 valence electrons. The van der Waals surface area contributed by atoms with Crippen molar-refractivity contribution in [2.75, 3.05) is 0 Å². The van der Waals surface area contributed by atoms with Crippen molar-refractivity contribution in [3.05, 3.63) is 62.7 Å². The van der Waals surface area contributed by atoms with Crippen molar-refractivity contribution in [1.29, 1.82) is 0 Å². The van der Waals surface area contributed by atoms with Gasteiger partial charge >= 0.3 is 0 Å². The Bertz CT molecular complexity index is 684. The van der Waals surface area contributed by atoms with Crippen LogP contribution in [0.2, 0.25) is 0 Å². The lowest BCUT2D eigenvalue weighted by Crippen LogP contribution is -2.38. The summed E-state index contributed by atoms with van der Waals surface area (Å²) in [6.07, 6.45) is 2.83. The van der Waals surface area contributed by atoms with Crippen molar-refractivity contribution in [3.8, 4) is 5.75 Å². The quantitative estimate of drug-likeness (QED) is 0.770. The Hall–Kier alpha value is -1.56. The molecule has 0 spiro atoms. The van der Waals surface area contributed by atoms with Crippen LogP contribution in [0.3, 0.4) is 0 Å². The second-order valence-corrected chi connectivity index (χ2v) is 6.51. The van der Waals surface area contributed by atoms with Crippen LogP contribution >= 0.6 is 22.6 Å². The zero-order valence-electron chi connectivity index (χ0n) is 11.5. The maximum atomic E-state index is 12.3. The van der Waals surface area contributed by atoms with Gasteiger partial charge in [-0.25, -0.2) is 0 Å². The molecule has 0 aliphatic heterocycles. The SMILES string of the molecule is O=C(NC1CCc2ccccc2C1)c1ccc(I)c(O)c1. The Morgan fingerprint density at radius 3 is 2.71 bits per heavy atom. The summed E-state index contributed by atoms with van der Waals surface area (Å²) in [6, 6.07) is 13.6. The summed E-state index contributed by atoms with van der Waals surface area (Å²) >= 11 is 2.04. The third-order valence-corrected chi connectivity index (χ3v) is 4.80. The number of hydrogen-bond acceptors (Lipinski definition) is 2. The van der Waals surface area contributed by atoms with Gasteiger partial charge in [0, 0.05) is 11.6 Å². The number of carbonyl (C=O) groups excluding carboxylic acids is 1. The fourth-order valence-corrected chi connectivity index (χ4v) is 3.08. The van der Waals surface area contributed by atoms with E-state index in [-0.39, 0.29) is 17.7 Å². The number of phenols is 1. The first-order valence-electron chi connectivity index (χ1n) is 6.99. The molecule has 0 aromatic heterocycles.